The van der Waals surface area contributed by atoms with E-state index in [1.54, 1.807) is 0 Å². The van der Waals surface area contributed by atoms with Crippen molar-refractivity contribution in [2.75, 3.05) is 0 Å². The highest BCUT2D eigenvalue weighted by Crippen LogP contribution is 2.34. The van der Waals surface area contributed by atoms with Crippen molar-refractivity contribution in [2.45, 2.75) is 39.0 Å². The van der Waals surface area contributed by atoms with E-state index in [4.69, 9.17) is 5.11 Å². The second-order valence-corrected chi connectivity index (χ2v) is 5.08. The predicted octanol–water partition coefficient (Wildman–Crippen LogP) is 3.57. The number of hydrogen-bond acceptors (Lipinski definition) is 2. The van der Waals surface area contributed by atoms with Gasteiger partial charge in [-0.05, 0) is 31.2 Å². The molecule has 1 N–H and O–H groups in total. The van der Waals surface area contributed by atoms with Crippen LogP contribution in [0, 0.1) is 16.7 Å². The third-order valence-electron chi connectivity index (χ3n) is 3.29. The Labute approximate surface area is 108 Å². The summed E-state index contributed by atoms with van der Waals surface area (Å²) in [6.45, 7) is 3.92. The zero-order valence-corrected chi connectivity index (χ0v) is 10.9. The molecule has 0 aromatic heterocycles. The van der Waals surface area contributed by atoms with Crippen molar-refractivity contribution < 1.29 is 9.90 Å². The fourth-order valence-electron chi connectivity index (χ4n) is 2.16. The van der Waals surface area contributed by atoms with Crippen LogP contribution in [-0.4, -0.2) is 11.1 Å². The highest BCUT2D eigenvalue weighted by atomic mass is 16.4. The summed E-state index contributed by atoms with van der Waals surface area (Å²) in [6.07, 6.45) is 1.13. The summed E-state index contributed by atoms with van der Waals surface area (Å²) in [5, 5.41) is 18.0. The molecular formula is C15H19NO2. The molecule has 18 heavy (non-hydrogen) atoms. The summed E-state index contributed by atoms with van der Waals surface area (Å²) in [4.78, 5) is 10.6. The molecule has 0 fully saturated rings. The fraction of sp³-hybridized carbons (Fsp3) is 0.467. The Balaban J connectivity index is 2.68. The van der Waals surface area contributed by atoms with Gasteiger partial charge in [0.05, 0.1) is 11.5 Å². The zero-order valence-electron chi connectivity index (χ0n) is 10.9. The Morgan fingerprint density at radius 2 is 2.06 bits per heavy atom. The molecule has 0 heterocycles. The van der Waals surface area contributed by atoms with Gasteiger partial charge >= 0.3 is 5.97 Å². The summed E-state index contributed by atoms with van der Waals surface area (Å²) >= 11 is 0. The lowest BCUT2D eigenvalue weighted by Gasteiger charge is -2.25. The van der Waals surface area contributed by atoms with E-state index in [-0.39, 0.29) is 12.3 Å². The van der Waals surface area contributed by atoms with Crippen molar-refractivity contribution in [3.63, 3.8) is 0 Å². The Kier molecular flexibility index (Phi) is 4.91. The molecule has 0 bridgehead atoms. The second kappa shape index (κ2) is 6.20. The summed E-state index contributed by atoms with van der Waals surface area (Å²) in [5.74, 6) is -0.589. The number of carbonyl (C=O) groups is 1. The Morgan fingerprint density at radius 1 is 1.44 bits per heavy atom. The van der Waals surface area contributed by atoms with Crippen LogP contribution in [0.25, 0.3) is 0 Å². The lowest BCUT2D eigenvalue weighted by Crippen LogP contribution is -2.18. The molecule has 3 heteroatoms. The first-order valence-corrected chi connectivity index (χ1v) is 6.15. The predicted molar refractivity (Wildman–Crippen MR) is 70.1 cm³/mol. The van der Waals surface area contributed by atoms with Gasteiger partial charge < -0.3 is 5.11 Å². The first-order valence-electron chi connectivity index (χ1n) is 6.15. The average Bonchev–Trinajstić information content (AvgIpc) is 2.37. The van der Waals surface area contributed by atoms with Gasteiger partial charge in [0.15, 0.2) is 0 Å². The molecule has 1 rings (SSSR count). The monoisotopic (exact) mass is 245 g/mol. The molecule has 2 atom stereocenters. The SMILES string of the molecule is CC(CC(C)(C#N)CCC(=O)O)c1ccccc1. The van der Waals surface area contributed by atoms with Crippen molar-refractivity contribution in [3.8, 4) is 6.07 Å². The summed E-state index contributed by atoms with van der Waals surface area (Å²) in [6, 6.07) is 12.3. The van der Waals surface area contributed by atoms with E-state index in [1.807, 2.05) is 37.3 Å². The average molecular weight is 245 g/mol. The van der Waals surface area contributed by atoms with E-state index in [9.17, 15) is 10.1 Å². The van der Waals surface area contributed by atoms with Gasteiger partial charge in [-0.2, -0.15) is 5.26 Å². The molecule has 1 aromatic carbocycles. The maximum atomic E-state index is 10.6. The molecule has 0 aliphatic carbocycles. The van der Waals surface area contributed by atoms with Crippen molar-refractivity contribution >= 4 is 5.97 Å². The first-order chi connectivity index (χ1) is 8.47. The Morgan fingerprint density at radius 3 is 2.56 bits per heavy atom. The third-order valence-corrected chi connectivity index (χ3v) is 3.29. The van der Waals surface area contributed by atoms with E-state index in [1.165, 1.54) is 5.56 Å². The highest BCUT2D eigenvalue weighted by Gasteiger charge is 2.27. The lowest BCUT2D eigenvalue weighted by molar-refractivity contribution is -0.137. The number of rotatable bonds is 6. The third kappa shape index (κ3) is 4.21. The van der Waals surface area contributed by atoms with Gasteiger partial charge in [-0.3, -0.25) is 4.79 Å². The number of aliphatic carboxylic acids is 1. The van der Waals surface area contributed by atoms with Crippen molar-refractivity contribution in [1.29, 1.82) is 5.26 Å². The minimum absolute atomic E-state index is 0.0472. The van der Waals surface area contributed by atoms with Crippen LogP contribution in [0.15, 0.2) is 30.3 Å². The molecule has 0 aliphatic rings. The standard InChI is InChI=1S/C15H19NO2/c1-12(13-6-4-3-5-7-13)10-15(2,11-16)9-8-14(17)18/h3-7,12H,8-10H2,1-2H3,(H,17,18). The minimum Gasteiger partial charge on any atom is -0.481 e. The molecule has 0 spiro atoms. The quantitative estimate of drug-likeness (QED) is 0.833. The summed E-state index contributed by atoms with van der Waals surface area (Å²) in [5.41, 5.74) is 0.613. The van der Waals surface area contributed by atoms with Gasteiger partial charge in [0.2, 0.25) is 0 Å². The van der Waals surface area contributed by atoms with Crippen LogP contribution in [0.4, 0.5) is 0 Å². The second-order valence-electron chi connectivity index (χ2n) is 5.08. The van der Waals surface area contributed by atoms with Crippen LogP contribution >= 0.6 is 0 Å². The summed E-state index contributed by atoms with van der Waals surface area (Å²) in [7, 11) is 0. The molecule has 0 amide bonds. The molecule has 1 aromatic rings. The van der Waals surface area contributed by atoms with Gasteiger partial charge in [-0.25, -0.2) is 0 Å². The molecular weight excluding hydrogens is 226 g/mol. The van der Waals surface area contributed by atoms with Crippen LogP contribution in [0.2, 0.25) is 0 Å². The number of carboxylic acid groups (broad SMARTS) is 1. The van der Waals surface area contributed by atoms with Gasteiger partial charge in [-0.1, -0.05) is 37.3 Å². The van der Waals surface area contributed by atoms with Gasteiger partial charge in [0.25, 0.3) is 0 Å². The van der Waals surface area contributed by atoms with Gasteiger partial charge in [0, 0.05) is 6.42 Å². The highest BCUT2D eigenvalue weighted by molar-refractivity contribution is 5.66. The topological polar surface area (TPSA) is 61.1 Å². The van der Waals surface area contributed by atoms with E-state index < -0.39 is 11.4 Å². The van der Waals surface area contributed by atoms with Gasteiger partial charge in [-0.15, -0.1) is 0 Å². The van der Waals surface area contributed by atoms with E-state index in [0.29, 0.717) is 12.8 Å². The van der Waals surface area contributed by atoms with Gasteiger partial charge in [0.1, 0.15) is 0 Å². The van der Waals surface area contributed by atoms with Crippen molar-refractivity contribution in [2.24, 2.45) is 5.41 Å². The van der Waals surface area contributed by atoms with E-state index in [0.717, 1.165) is 0 Å². The first kappa shape index (κ1) is 14.2. The molecule has 0 saturated heterocycles. The van der Waals surface area contributed by atoms with Crippen LogP contribution < -0.4 is 0 Å². The molecule has 2 unspecified atom stereocenters. The molecule has 0 aliphatic heterocycles. The Hall–Kier alpha value is -1.82. The number of nitriles is 1. The molecule has 0 radical (unpaired) electrons. The summed E-state index contributed by atoms with van der Waals surface area (Å²) < 4.78 is 0. The number of hydrogen-bond donors (Lipinski definition) is 1. The largest absolute Gasteiger partial charge is 0.481 e. The maximum Gasteiger partial charge on any atom is 0.303 e. The van der Waals surface area contributed by atoms with Crippen LogP contribution in [-0.2, 0) is 4.79 Å². The van der Waals surface area contributed by atoms with Crippen LogP contribution in [0.3, 0.4) is 0 Å². The number of nitrogens with zero attached hydrogens (tertiary/aromatic N) is 1. The maximum absolute atomic E-state index is 10.6. The number of carboxylic acids is 1. The van der Waals surface area contributed by atoms with Crippen LogP contribution in [0.5, 0.6) is 0 Å². The fourth-order valence-corrected chi connectivity index (χ4v) is 2.16. The molecule has 0 saturated carbocycles. The normalized spacial score (nSPS) is 15.4. The van der Waals surface area contributed by atoms with Crippen molar-refractivity contribution in [3.05, 3.63) is 35.9 Å². The number of benzene rings is 1. The minimum atomic E-state index is -0.844. The van der Waals surface area contributed by atoms with Crippen LogP contribution in [0.1, 0.15) is 44.6 Å². The van der Waals surface area contributed by atoms with E-state index >= 15 is 0 Å². The molecule has 3 nitrogen and oxygen atoms in total. The smallest absolute Gasteiger partial charge is 0.303 e. The van der Waals surface area contributed by atoms with Crippen molar-refractivity contribution in [1.82, 2.24) is 0 Å². The zero-order chi connectivity index (χ0) is 13.6. The van der Waals surface area contributed by atoms with E-state index in [2.05, 4.69) is 13.0 Å². The lowest BCUT2D eigenvalue weighted by atomic mass is 9.77. The Bertz CT molecular complexity index is 436. The molecule has 96 valence electrons.